The molecule has 0 radical (unpaired) electrons. The van der Waals surface area contributed by atoms with Crippen molar-refractivity contribution in [2.45, 2.75) is 44.8 Å². The number of hydrogen-bond acceptors (Lipinski definition) is 11. The van der Waals surface area contributed by atoms with Crippen LogP contribution in [0.1, 0.15) is 50.7 Å². The lowest BCUT2D eigenvalue weighted by Crippen LogP contribution is -2.46. The number of methoxy groups -OCH3 is 2. The van der Waals surface area contributed by atoms with E-state index in [1.807, 2.05) is 0 Å². The Morgan fingerprint density at radius 3 is 2.65 bits per heavy atom. The largest absolute Gasteiger partial charge is 0.504 e. The molecule has 2 aromatic heterocycles. The van der Waals surface area contributed by atoms with Crippen molar-refractivity contribution in [1.82, 2.24) is 25.5 Å². The number of ether oxygens (including phenoxy) is 3. The van der Waals surface area contributed by atoms with Crippen LogP contribution in [0, 0.1) is 6.92 Å². The number of fused-ring (bicyclic) bond motifs is 8. The molecule has 0 saturated carbocycles. The number of aromatic nitrogens is 2. The van der Waals surface area contributed by atoms with Crippen LogP contribution in [-0.4, -0.2) is 76.5 Å². The van der Waals surface area contributed by atoms with E-state index in [4.69, 9.17) is 13.9 Å². The number of carbonyl (C=O) groups excluding carboxylic acids is 4. The SMILES string of the molecule is COC(=O)c1ccc(C(=O)N[C@H]2C[C@H]3C(=O)NCc4nc(oc4C)-c4ccc(OC)c(c4)Oc4cc(ccc4O)CCC(=O)N3C2)nc1. The highest BCUT2D eigenvalue weighted by Gasteiger charge is 2.40. The third kappa shape index (κ3) is 6.63. The van der Waals surface area contributed by atoms with Gasteiger partial charge in [0.15, 0.2) is 23.0 Å². The topological polar surface area (TPSA) is 182 Å². The predicted octanol–water partition coefficient (Wildman–Crippen LogP) is 3.30. The van der Waals surface area contributed by atoms with Gasteiger partial charge in [-0.2, -0.15) is 0 Å². The summed E-state index contributed by atoms with van der Waals surface area (Å²) in [5.41, 5.74) is 2.05. The van der Waals surface area contributed by atoms with E-state index in [1.165, 1.54) is 43.5 Å². The van der Waals surface area contributed by atoms with Gasteiger partial charge >= 0.3 is 5.97 Å². The van der Waals surface area contributed by atoms with Crippen molar-refractivity contribution < 1.29 is 42.9 Å². The molecule has 2 aromatic carbocycles. The molecule has 3 amide bonds. The van der Waals surface area contributed by atoms with E-state index in [2.05, 4.69) is 25.3 Å². The van der Waals surface area contributed by atoms with Gasteiger partial charge in [-0.3, -0.25) is 19.4 Å². The van der Waals surface area contributed by atoms with Crippen molar-refractivity contribution >= 4 is 23.7 Å². The third-order valence-electron chi connectivity index (χ3n) is 8.28. The number of benzene rings is 2. The highest BCUT2D eigenvalue weighted by Crippen LogP contribution is 2.39. The fourth-order valence-corrected chi connectivity index (χ4v) is 5.69. The number of carbonyl (C=O) groups is 4. The van der Waals surface area contributed by atoms with Crippen LogP contribution < -0.4 is 20.1 Å². The summed E-state index contributed by atoms with van der Waals surface area (Å²) in [5.74, 6) is -0.232. The zero-order valence-corrected chi connectivity index (χ0v) is 26.4. The van der Waals surface area contributed by atoms with Gasteiger partial charge in [-0.25, -0.2) is 9.78 Å². The van der Waals surface area contributed by atoms with Gasteiger partial charge < -0.3 is 39.3 Å². The Labute approximate surface area is 275 Å². The van der Waals surface area contributed by atoms with Crippen LogP contribution in [0.4, 0.5) is 0 Å². The first-order chi connectivity index (χ1) is 23.1. The molecule has 1 saturated heterocycles. The van der Waals surface area contributed by atoms with E-state index >= 15 is 0 Å². The molecule has 48 heavy (non-hydrogen) atoms. The van der Waals surface area contributed by atoms with Gasteiger partial charge in [0.25, 0.3) is 5.91 Å². The number of rotatable bonds is 4. The second-order valence-corrected chi connectivity index (χ2v) is 11.4. The number of nitrogens with zero attached hydrogens (tertiary/aromatic N) is 3. The molecule has 0 aliphatic carbocycles. The minimum absolute atomic E-state index is 0.0398. The molecule has 2 atom stereocenters. The van der Waals surface area contributed by atoms with Gasteiger partial charge in [0, 0.05) is 30.8 Å². The van der Waals surface area contributed by atoms with Gasteiger partial charge in [0.1, 0.15) is 23.2 Å². The summed E-state index contributed by atoms with van der Waals surface area (Å²) in [4.78, 5) is 62.1. The number of phenols is 1. The average molecular weight is 656 g/mol. The van der Waals surface area contributed by atoms with E-state index in [9.17, 15) is 24.3 Å². The standard InChI is InChI=1S/C34H33N5O9/c1-18-24-16-36-32(43)25-14-22(37-31(42)23-8-6-21(15-35-23)34(44)46-3)17-39(25)30(41)11-5-19-4-9-26(40)28(12-19)48-29-13-20(33(38-24)47-18)7-10-27(29)45-2/h4,6-10,12-13,15,22,25,40H,5,11,14,16-17H2,1-3H3,(H,36,43)(H,37,42)/t22-,25-/m0/s1. The van der Waals surface area contributed by atoms with Crippen LogP contribution in [0.3, 0.4) is 0 Å². The van der Waals surface area contributed by atoms with E-state index in [0.29, 0.717) is 40.5 Å². The molecule has 4 heterocycles. The Morgan fingerprint density at radius 1 is 1.06 bits per heavy atom. The van der Waals surface area contributed by atoms with Crippen molar-refractivity contribution in [3.63, 3.8) is 0 Å². The van der Waals surface area contributed by atoms with Crippen molar-refractivity contribution in [1.29, 1.82) is 0 Å². The molecule has 3 N–H and O–H groups in total. The van der Waals surface area contributed by atoms with Gasteiger partial charge in [0.05, 0.1) is 26.3 Å². The second kappa shape index (κ2) is 13.4. The summed E-state index contributed by atoms with van der Waals surface area (Å²) in [6.07, 6.45) is 1.75. The van der Waals surface area contributed by atoms with Gasteiger partial charge in [-0.1, -0.05) is 6.07 Å². The Morgan fingerprint density at radius 2 is 1.90 bits per heavy atom. The first-order valence-electron chi connectivity index (χ1n) is 15.2. The fraction of sp³-hybridized carbons (Fsp3) is 0.294. The zero-order chi connectivity index (χ0) is 33.9. The number of amides is 3. The van der Waals surface area contributed by atoms with Crippen LogP contribution in [-0.2, 0) is 27.3 Å². The molecule has 14 nitrogen and oxygen atoms in total. The van der Waals surface area contributed by atoms with Crippen LogP contribution in [0.15, 0.2) is 59.1 Å². The summed E-state index contributed by atoms with van der Waals surface area (Å²) in [7, 11) is 2.75. The number of hydrogen-bond donors (Lipinski definition) is 3. The fourth-order valence-electron chi connectivity index (χ4n) is 5.69. The molecular weight excluding hydrogens is 622 g/mol. The van der Waals surface area contributed by atoms with Crippen molar-refractivity contribution in [2.75, 3.05) is 20.8 Å². The minimum atomic E-state index is -0.870. The normalized spacial score (nSPS) is 17.7. The number of nitrogens with one attached hydrogen (secondary N) is 2. The van der Waals surface area contributed by atoms with Gasteiger partial charge in [0.2, 0.25) is 17.7 Å². The Balaban J connectivity index is 1.27. The minimum Gasteiger partial charge on any atom is -0.504 e. The quantitative estimate of drug-likeness (QED) is 0.274. The van der Waals surface area contributed by atoms with E-state index < -0.39 is 29.9 Å². The zero-order valence-electron chi connectivity index (χ0n) is 26.4. The first-order valence-corrected chi connectivity index (χ1v) is 15.2. The highest BCUT2D eigenvalue weighted by atomic mass is 16.5. The lowest BCUT2D eigenvalue weighted by molar-refractivity contribution is -0.138. The van der Waals surface area contributed by atoms with Crippen LogP contribution in [0.2, 0.25) is 0 Å². The number of aromatic hydroxyl groups is 1. The predicted molar refractivity (Wildman–Crippen MR) is 169 cm³/mol. The molecule has 14 heteroatoms. The average Bonchev–Trinajstić information content (AvgIpc) is 3.69. The van der Waals surface area contributed by atoms with Gasteiger partial charge in [-0.05, 0) is 67.8 Å². The summed E-state index contributed by atoms with van der Waals surface area (Å²) in [6, 6.07) is 11.4. The molecule has 2 aliphatic heterocycles. The molecule has 4 aromatic rings. The maximum absolute atomic E-state index is 13.6. The Hall–Kier alpha value is -5.92. The smallest absolute Gasteiger partial charge is 0.339 e. The van der Waals surface area contributed by atoms with Crippen LogP contribution >= 0.6 is 0 Å². The van der Waals surface area contributed by atoms with Gasteiger partial charge in [-0.15, -0.1) is 0 Å². The molecule has 0 unspecified atom stereocenters. The summed E-state index contributed by atoms with van der Waals surface area (Å²) < 4.78 is 22.2. The molecule has 6 bridgehead atoms. The molecule has 248 valence electrons. The van der Waals surface area contributed by atoms with Crippen LogP contribution in [0.5, 0.6) is 23.0 Å². The lowest BCUT2D eigenvalue weighted by Gasteiger charge is -2.24. The number of aryl methyl sites for hydroxylation is 2. The third-order valence-corrected chi connectivity index (χ3v) is 8.28. The number of phenolic OH excluding ortho intramolecular Hbond substituents is 1. The van der Waals surface area contributed by atoms with Crippen molar-refractivity contribution in [2.24, 2.45) is 0 Å². The molecular formula is C34H33N5O9. The maximum atomic E-state index is 13.6. The Bertz CT molecular complexity index is 1890. The monoisotopic (exact) mass is 655 g/mol. The van der Waals surface area contributed by atoms with Crippen molar-refractivity contribution in [3.8, 4) is 34.5 Å². The second-order valence-electron chi connectivity index (χ2n) is 11.4. The molecule has 1 fully saturated rings. The molecule has 2 aliphatic rings. The van der Waals surface area contributed by atoms with E-state index in [1.54, 1.807) is 37.3 Å². The summed E-state index contributed by atoms with van der Waals surface area (Å²) in [5, 5.41) is 16.3. The van der Waals surface area contributed by atoms with E-state index in [0.717, 1.165) is 0 Å². The van der Waals surface area contributed by atoms with Crippen LogP contribution in [0.25, 0.3) is 11.5 Å². The molecule has 0 spiro atoms. The summed E-state index contributed by atoms with van der Waals surface area (Å²) in [6.45, 7) is 1.86. The lowest BCUT2D eigenvalue weighted by atomic mass is 10.1. The highest BCUT2D eigenvalue weighted by molar-refractivity contribution is 5.95. The number of esters is 1. The first kappa shape index (κ1) is 32.0. The number of oxazole rings is 1. The van der Waals surface area contributed by atoms with Crippen molar-refractivity contribution in [3.05, 3.63) is 83.0 Å². The maximum Gasteiger partial charge on any atom is 0.339 e. The molecule has 6 rings (SSSR count). The Kier molecular flexibility index (Phi) is 8.97. The van der Waals surface area contributed by atoms with E-state index in [-0.39, 0.29) is 60.5 Å². The summed E-state index contributed by atoms with van der Waals surface area (Å²) >= 11 is 0. The number of pyridine rings is 1.